The van der Waals surface area contributed by atoms with Crippen molar-refractivity contribution >= 4 is 13.2 Å². The van der Waals surface area contributed by atoms with E-state index in [1.807, 2.05) is 0 Å². The van der Waals surface area contributed by atoms with Crippen LogP contribution in [0, 0.1) is 5.92 Å². The van der Waals surface area contributed by atoms with Crippen LogP contribution in [0.3, 0.4) is 0 Å². The monoisotopic (exact) mass is 239 g/mol. The van der Waals surface area contributed by atoms with Gasteiger partial charge >= 0.3 is 13.2 Å². The van der Waals surface area contributed by atoms with Gasteiger partial charge in [-0.15, -0.1) is 0 Å². The molecule has 2 rings (SSSR count). The zero-order chi connectivity index (χ0) is 12.5. The fourth-order valence-corrected chi connectivity index (χ4v) is 2.40. The van der Waals surface area contributed by atoms with Crippen molar-refractivity contribution in [2.45, 2.75) is 18.7 Å². The van der Waals surface area contributed by atoms with Gasteiger partial charge in [-0.2, -0.15) is 0 Å². The molecule has 1 fully saturated rings. The first-order valence-electron chi connectivity index (χ1n) is 5.79. The van der Waals surface area contributed by atoms with Gasteiger partial charge in [-0.1, -0.05) is 47.6 Å². The predicted molar refractivity (Wildman–Crippen MR) is 62.2 cm³/mol. The normalized spacial score (nSPS) is 26.9. The van der Waals surface area contributed by atoms with Crippen molar-refractivity contribution in [1.82, 2.24) is 0 Å². The molecule has 17 heavy (non-hydrogen) atoms. The van der Waals surface area contributed by atoms with E-state index < -0.39 is 24.5 Å². The highest BCUT2D eigenvalue weighted by Gasteiger charge is 2.60. The Kier molecular flexibility index (Phi) is 3.18. The van der Waals surface area contributed by atoms with Crippen LogP contribution in [0.25, 0.3) is 0 Å². The van der Waals surface area contributed by atoms with Crippen molar-refractivity contribution in [2.24, 2.45) is 5.92 Å². The summed E-state index contributed by atoms with van der Waals surface area (Å²) in [6.45, 7) is 1.92. The van der Waals surface area contributed by atoms with E-state index in [9.17, 15) is 13.4 Å². The van der Waals surface area contributed by atoms with Crippen molar-refractivity contribution in [3.8, 4) is 0 Å². The first-order valence-corrected chi connectivity index (χ1v) is 5.79. The molecule has 0 bridgehead atoms. The van der Waals surface area contributed by atoms with Crippen LogP contribution in [0.2, 0.25) is 0 Å². The Hall–Kier alpha value is -1.39. The smallest absolute Gasteiger partial charge is 0.306 e. The van der Waals surface area contributed by atoms with Gasteiger partial charge < -0.3 is 13.4 Å². The molecule has 0 radical (unpaired) electrons. The molecule has 0 heterocycles. The summed E-state index contributed by atoms with van der Waals surface area (Å²) in [5.41, 5.74) is 0.558. The van der Waals surface area contributed by atoms with E-state index in [2.05, 4.69) is 0 Å². The average Bonchev–Trinajstić information content (AvgIpc) is 3.07. The van der Waals surface area contributed by atoms with Crippen LogP contribution in [0.1, 0.15) is 18.9 Å². The number of benzene rings is 1. The SMILES string of the molecule is CCOC(=O)[C@H]1C[C@@]1([BH-](F)F)c1ccccc1. The summed E-state index contributed by atoms with van der Waals surface area (Å²) in [6.07, 6.45) is 0.211. The maximum atomic E-state index is 13.3. The van der Waals surface area contributed by atoms with E-state index in [1.165, 1.54) is 0 Å². The molecule has 1 saturated carbocycles. The summed E-state index contributed by atoms with van der Waals surface area (Å²) in [6, 6.07) is 8.55. The molecule has 1 aliphatic carbocycles. The first-order chi connectivity index (χ1) is 8.13. The second kappa shape index (κ2) is 4.47. The van der Waals surface area contributed by atoms with Gasteiger partial charge in [0.2, 0.25) is 0 Å². The molecular weight excluding hydrogens is 225 g/mol. The minimum Gasteiger partial charge on any atom is -0.480 e. The Labute approximate surface area is 99.1 Å². The van der Waals surface area contributed by atoms with Crippen LogP contribution in [-0.4, -0.2) is 19.8 Å². The maximum Gasteiger partial charge on any atom is 0.306 e. The summed E-state index contributed by atoms with van der Waals surface area (Å²) in [4.78, 5) is 11.6. The molecule has 0 saturated heterocycles. The van der Waals surface area contributed by atoms with Gasteiger partial charge in [-0.3, -0.25) is 4.79 Å². The van der Waals surface area contributed by atoms with E-state index in [0.717, 1.165) is 0 Å². The Morgan fingerprint density at radius 3 is 2.65 bits per heavy atom. The molecule has 5 heteroatoms. The third kappa shape index (κ3) is 1.94. The Morgan fingerprint density at radius 1 is 1.47 bits per heavy atom. The van der Waals surface area contributed by atoms with E-state index >= 15 is 0 Å². The van der Waals surface area contributed by atoms with E-state index in [4.69, 9.17) is 4.74 Å². The zero-order valence-electron chi connectivity index (χ0n) is 9.66. The predicted octanol–water partition coefficient (Wildman–Crippen LogP) is 2.21. The highest BCUT2D eigenvalue weighted by molar-refractivity contribution is 6.49. The lowest BCUT2D eigenvalue weighted by atomic mass is 9.67. The number of carbonyl (C=O) groups excluding carboxylic acids is 1. The van der Waals surface area contributed by atoms with Crippen LogP contribution < -0.4 is 0 Å². The van der Waals surface area contributed by atoms with Gasteiger partial charge in [0.25, 0.3) is 0 Å². The standard InChI is InChI=1S/C12H14BF2O2/c1-2-17-11(16)10-8-12(10,13(14)15)9-6-4-3-5-7-9/h3-7,10,13H,2,8H2,1H3/q-1/t10-,12-/m1/s1. The number of rotatable bonds is 4. The van der Waals surface area contributed by atoms with Crippen LogP contribution in [0.5, 0.6) is 0 Å². The van der Waals surface area contributed by atoms with Gasteiger partial charge in [0.05, 0.1) is 6.61 Å². The topological polar surface area (TPSA) is 26.3 Å². The Bertz CT molecular complexity index is 410. The summed E-state index contributed by atoms with van der Waals surface area (Å²) in [5.74, 6) is -1.16. The molecule has 0 unspecified atom stereocenters. The molecule has 2 atom stereocenters. The van der Waals surface area contributed by atoms with E-state index in [1.54, 1.807) is 37.3 Å². The molecular formula is C12H14BF2O2-. The molecule has 0 amide bonds. The van der Waals surface area contributed by atoms with Gasteiger partial charge in [0, 0.05) is 5.92 Å². The van der Waals surface area contributed by atoms with E-state index in [-0.39, 0.29) is 13.0 Å². The van der Waals surface area contributed by atoms with Gasteiger partial charge in [0.15, 0.2) is 0 Å². The minimum atomic E-state index is -3.38. The number of ether oxygens (including phenoxy) is 1. The van der Waals surface area contributed by atoms with Crippen molar-refractivity contribution in [3.05, 3.63) is 35.9 Å². The largest absolute Gasteiger partial charge is 0.480 e. The molecule has 1 aromatic carbocycles. The van der Waals surface area contributed by atoms with Crippen LogP contribution >= 0.6 is 0 Å². The minimum absolute atomic E-state index is 0.211. The van der Waals surface area contributed by atoms with Crippen molar-refractivity contribution in [3.63, 3.8) is 0 Å². The fourth-order valence-electron chi connectivity index (χ4n) is 2.40. The summed E-state index contributed by atoms with van der Waals surface area (Å²) in [5, 5.41) is -1.24. The highest BCUT2D eigenvalue weighted by atomic mass is 19.2. The average molecular weight is 239 g/mol. The molecule has 92 valence electrons. The molecule has 0 aromatic heterocycles. The molecule has 1 aromatic rings. The van der Waals surface area contributed by atoms with Crippen molar-refractivity contribution in [1.29, 1.82) is 0 Å². The number of halogens is 2. The van der Waals surface area contributed by atoms with Crippen LogP contribution in [-0.2, 0) is 14.8 Å². The Morgan fingerprint density at radius 2 is 2.12 bits per heavy atom. The van der Waals surface area contributed by atoms with Gasteiger partial charge in [0.1, 0.15) is 0 Å². The summed E-state index contributed by atoms with van der Waals surface area (Å²) < 4.78 is 31.4. The number of hydrogen-bond donors (Lipinski definition) is 0. The zero-order valence-corrected chi connectivity index (χ0v) is 9.66. The van der Waals surface area contributed by atoms with Gasteiger partial charge in [-0.25, -0.2) is 0 Å². The molecule has 0 spiro atoms. The second-order valence-corrected chi connectivity index (χ2v) is 4.40. The number of carbonyl (C=O) groups is 1. The molecule has 0 N–H and O–H groups in total. The van der Waals surface area contributed by atoms with Crippen LogP contribution in [0.4, 0.5) is 8.63 Å². The third-order valence-corrected chi connectivity index (χ3v) is 3.47. The second-order valence-electron chi connectivity index (χ2n) is 4.40. The lowest BCUT2D eigenvalue weighted by molar-refractivity contribution is -0.145. The Balaban J connectivity index is 2.24. The molecule has 1 aliphatic rings. The number of hydrogen-bond acceptors (Lipinski definition) is 2. The fraction of sp³-hybridized carbons (Fsp3) is 0.417. The number of esters is 1. The molecule has 0 aliphatic heterocycles. The summed E-state index contributed by atoms with van der Waals surface area (Å²) in [7, 11) is -3.38. The quantitative estimate of drug-likeness (QED) is 0.594. The third-order valence-electron chi connectivity index (χ3n) is 3.47. The van der Waals surface area contributed by atoms with Crippen molar-refractivity contribution in [2.75, 3.05) is 6.61 Å². The van der Waals surface area contributed by atoms with Gasteiger partial charge in [-0.05, 0) is 6.92 Å². The lowest BCUT2D eigenvalue weighted by Gasteiger charge is -2.22. The van der Waals surface area contributed by atoms with Crippen molar-refractivity contribution < 1.29 is 18.2 Å². The molecule has 2 nitrogen and oxygen atoms in total. The van der Waals surface area contributed by atoms with E-state index in [0.29, 0.717) is 5.56 Å². The van der Waals surface area contributed by atoms with Crippen LogP contribution in [0.15, 0.2) is 30.3 Å². The highest BCUT2D eigenvalue weighted by Crippen LogP contribution is 2.57. The first kappa shape index (κ1) is 12.1. The lowest BCUT2D eigenvalue weighted by Crippen LogP contribution is -2.28. The summed E-state index contributed by atoms with van der Waals surface area (Å²) >= 11 is 0. The maximum absolute atomic E-state index is 13.3.